The summed E-state index contributed by atoms with van der Waals surface area (Å²) >= 11 is 0. The van der Waals surface area contributed by atoms with Crippen molar-refractivity contribution >= 4 is 23.7 Å². The molecule has 0 bridgehead atoms. The Kier molecular flexibility index (Phi) is 6.13. The number of nitro groups is 1. The van der Waals surface area contributed by atoms with Crippen LogP contribution in [-0.2, 0) is 9.63 Å². The Bertz CT molecular complexity index is 896. The minimum absolute atomic E-state index is 0.00521. The summed E-state index contributed by atoms with van der Waals surface area (Å²) < 4.78 is 1.67. The van der Waals surface area contributed by atoms with E-state index in [9.17, 15) is 14.9 Å². The summed E-state index contributed by atoms with van der Waals surface area (Å²) in [5.41, 5.74) is 14.0. The number of nitro benzene ring substituents is 1. The Morgan fingerprint density at radius 2 is 2.15 bits per heavy atom. The van der Waals surface area contributed by atoms with Crippen molar-refractivity contribution in [3.8, 4) is 5.69 Å². The van der Waals surface area contributed by atoms with Crippen LogP contribution in [0.4, 0.5) is 5.69 Å². The number of hydrazone groups is 1. The van der Waals surface area contributed by atoms with Gasteiger partial charge in [0.25, 0.3) is 5.69 Å². The molecule has 0 aliphatic rings. The van der Waals surface area contributed by atoms with E-state index in [1.807, 2.05) is 0 Å². The van der Waals surface area contributed by atoms with Crippen LogP contribution in [0.3, 0.4) is 0 Å². The molecule has 2 aromatic rings. The standard InChI is InChI=1S/C16H16N6O4/c1-12(23)26-20-16(17)19-18-10-4-6-13-7-5-11-21(13)14-8-2-3-9-15(14)22(24)25/h2-3,5-11,18H,1H3,(H3,17,19,20). The molecule has 0 unspecified atom stereocenters. The molecule has 10 nitrogen and oxygen atoms in total. The molecule has 0 aliphatic carbocycles. The van der Waals surface area contributed by atoms with Crippen molar-refractivity contribution < 1.29 is 14.6 Å². The number of nitrogens with one attached hydrogen (secondary N) is 2. The molecule has 1 aromatic heterocycles. The van der Waals surface area contributed by atoms with Crippen LogP contribution in [-0.4, -0.2) is 21.4 Å². The van der Waals surface area contributed by atoms with Gasteiger partial charge in [0, 0.05) is 25.3 Å². The molecule has 4 N–H and O–H groups in total. The molecule has 2 rings (SSSR count). The Hall–Kier alpha value is -4.04. The Balaban J connectivity index is 2.12. The fourth-order valence-corrected chi connectivity index (χ4v) is 1.97. The highest BCUT2D eigenvalue weighted by atomic mass is 16.7. The lowest BCUT2D eigenvalue weighted by molar-refractivity contribution is -0.384. The van der Waals surface area contributed by atoms with Crippen molar-refractivity contribution in [1.82, 2.24) is 15.5 Å². The van der Waals surface area contributed by atoms with Gasteiger partial charge in [-0.1, -0.05) is 17.9 Å². The third-order valence-electron chi connectivity index (χ3n) is 2.98. The first-order valence-corrected chi connectivity index (χ1v) is 7.33. The van der Waals surface area contributed by atoms with Gasteiger partial charge in [0.05, 0.1) is 16.8 Å². The zero-order valence-corrected chi connectivity index (χ0v) is 13.7. The fourth-order valence-electron chi connectivity index (χ4n) is 1.97. The maximum Gasteiger partial charge on any atom is 0.329 e. The van der Waals surface area contributed by atoms with E-state index in [-0.39, 0.29) is 11.6 Å². The molecule has 0 amide bonds. The van der Waals surface area contributed by atoms with Crippen molar-refractivity contribution in [2.45, 2.75) is 6.92 Å². The van der Waals surface area contributed by atoms with Crippen LogP contribution in [0.1, 0.15) is 12.6 Å². The molecule has 10 heteroatoms. The lowest BCUT2D eigenvalue weighted by atomic mass is 10.2. The predicted octanol–water partition coefficient (Wildman–Crippen LogP) is 1.40. The van der Waals surface area contributed by atoms with E-state index in [2.05, 4.69) is 26.6 Å². The van der Waals surface area contributed by atoms with Gasteiger partial charge >= 0.3 is 5.97 Å². The molecule has 134 valence electrons. The number of hydrogen-bond donors (Lipinski definition) is 3. The second kappa shape index (κ2) is 8.71. The Morgan fingerprint density at radius 3 is 2.88 bits per heavy atom. The average molecular weight is 356 g/mol. The number of nitrogens with two attached hydrogens (primary N) is 1. The van der Waals surface area contributed by atoms with Crippen molar-refractivity contribution in [3.05, 3.63) is 70.3 Å². The molecule has 0 fully saturated rings. The molecule has 1 aromatic carbocycles. The van der Waals surface area contributed by atoms with Gasteiger partial charge in [-0.2, -0.15) is 5.48 Å². The number of nitrogens with zero attached hydrogens (tertiary/aromatic N) is 3. The molecule has 0 saturated carbocycles. The predicted molar refractivity (Wildman–Crippen MR) is 94.6 cm³/mol. The number of carbonyl (C=O) groups is 1. The van der Waals surface area contributed by atoms with Gasteiger partial charge in [0.2, 0.25) is 5.96 Å². The third-order valence-corrected chi connectivity index (χ3v) is 2.98. The number of benzene rings is 1. The summed E-state index contributed by atoms with van der Waals surface area (Å²) in [6, 6.07) is 9.96. The summed E-state index contributed by atoms with van der Waals surface area (Å²) in [4.78, 5) is 25.8. The molecule has 0 saturated heterocycles. The van der Waals surface area contributed by atoms with Gasteiger partial charge in [-0.15, -0.1) is 5.10 Å². The first-order chi connectivity index (χ1) is 12.5. The van der Waals surface area contributed by atoms with Crippen LogP contribution in [0.5, 0.6) is 0 Å². The molecule has 0 atom stereocenters. The van der Waals surface area contributed by atoms with Gasteiger partial charge in [-0.25, -0.2) is 0 Å². The third kappa shape index (κ3) is 4.98. The van der Waals surface area contributed by atoms with Crippen LogP contribution in [0, 0.1) is 10.1 Å². The molecule has 0 aliphatic heterocycles. The first-order valence-electron chi connectivity index (χ1n) is 7.33. The highest BCUT2D eigenvalue weighted by molar-refractivity contribution is 5.78. The summed E-state index contributed by atoms with van der Waals surface area (Å²) in [5, 5.41) is 14.8. The lowest BCUT2D eigenvalue weighted by Crippen LogP contribution is -2.34. The van der Waals surface area contributed by atoms with E-state index >= 15 is 0 Å². The fraction of sp³-hybridized carbons (Fsp3) is 0.0625. The molecule has 26 heavy (non-hydrogen) atoms. The van der Waals surface area contributed by atoms with Gasteiger partial charge in [0.15, 0.2) is 0 Å². The molecule has 1 heterocycles. The number of aromatic nitrogens is 1. The van der Waals surface area contributed by atoms with Gasteiger partial charge < -0.3 is 15.1 Å². The minimum Gasteiger partial charge on any atom is -0.366 e. The van der Waals surface area contributed by atoms with E-state index in [1.54, 1.807) is 47.2 Å². The van der Waals surface area contributed by atoms with Crippen LogP contribution in [0.15, 0.2) is 59.6 Å². The number of para-hydroxylation sites is 2. The molecular weight excluding hydrogens is 340 g/mol. The molecule has 0 radical (unpaired) electrons. The van der Waals surface area contributed by atoms with Crippen molar-refractivity contribution in [3.63, 3.8) is 0 Å². The van der Waals surface area contributed by atoms with Crippen molar-refractivity contribution in [2.75, 3.05) is 0 Å². The molecule has 0 spiro atoms. The SMILES string of the molecule is CC(=O)ONC(N)=NNC=C=Cc1cccn1-c1ccccc1[N+](=O)[O-]. The highest BCUT2D eigenvalue weighted by Crippen LogP contribution is 2.24. The number of rotatable bonds is 5. The summed E-state index contributed by atoms with van der Waals surface area (Å²) in [6.07, 6.45) is 4.68. The monoisotopic (exact) mass is 356 g/mol. The quantitative estimate of drug-likeness (QED) is 0.242. The zero-order valence-electron chi connectivity index (χ0n) is 13.7. The van der Waals surface area contributed by atoms with E-state index in [0.29, 0.717) is 11.4 Å². The zero-order chi connectivity index (χ0) is 18.9. The number of hydroxylamine groups is 1. The topological polar surface area (TPSA) is 137 Å². The summed E-state index contributed by atoms with van der Waals surface area (Å²) in [7, 11) is 0. The van der Waals surface area contributed by atoms with Gasteiger partial charge in [-0.3, -0.25) is 20.3 Å². The minimum atomic E-state index is -0.561. The van der Waals surface area contributed by atoms with Crippen LogP contribution >= 0.6 is 0 Å². The van der Waals surface area contributed by atoms with Crippen molar-refractivity contribution in [1.29, 1.82) is 0 Å². The van der Waals surface area contributed by atoms with Crippen LogP contribution < -0.4 is 16.6 Å². The van der Waals surface area contributed by atoms with Gasteiger partial charge in [-0.05, 0) is 18.2 Å². The normalized spacial score (nSPS) is 10.4. The Labute approximate surface area is 148 Å². The smallest absolute Gasteiger partial charge is 0.329 e. The average Bonchev–Trinajstić information content (AvgIpc) is 3.08. The lowest BCUT2D eigenvalue weighted by Gasteiger charge is -2.06. The maximum absolute atomic E-state index is 11.2. The summed E-state index contributed by atoms with van der Waals surface area (Å²) in [5.74, 6) is -0.712. The Morgan fingerprint density at radius 1 is 1.38 bits per heavy atom. The number of guanidine groups is 1. The highest BCUT2D eigenvalue weighted by Gasteiger charge is 2.14. The van der Waals surface area contributed by atoms with E-state index in [0.717, 1.165) is 0 Å². The van der Waals surface area contributed by atoms with Gasteiger partial charge in [0.1, 0.15) is 5.69 Å². The molecular formula is C16H16N6O4. The second-order valence-corrected chi connectivity index (χ2v) is 4.83. The summed E-state index contributed by atoms with van der Waals surface area (Å²) in [6.45, 7) is 1.21. The second-order valence-electron chi connectivity index (χ2n) is 4.83. The maximum atomic E-state index is 11.2. The van der Waals surface area contributed by atoms with E-state index < -0.39 is 10.9 Å². The first kappa shape index (κ1) is 18.3. The van der Waals surface area contributed by atoms with E-state index in [1.165, 1.54) is 19.2 Å². The van der Waals surface area contributed by atoms with Crippen molar-refractivity contribution in [2.24, 2.45) is 10.8 Å². The van der Waals surface area contributed by atoms with Crippen LogP contribution in [0.25, 0.3) is 11.8 Å². The largest absolute Gasteiger partial charge is 0.366 e. The van der Waals surface area contributed by atoms with Crippen LogP contribution in [0.2, 0.25) is 0 Å². The number of hydrogen-bond acceptors (Lipinski definition) is 6. The number of carbonyl (C=O) groups excluding carboxylic acids is 1. The van der Waals surface area contributed by atoms with E-state index in [4.69, 9.17) is 5.73 Å².